The Morgan fingerprint density at radius 3 is 2.80 bits per heavy atom. The second-order valence-corrected chi connectivity index (χ2v) is 3.75. The van der Waals surface area contributed by atoms with Gasteiger partial charge in [-0.2, -0.15) is 5.10 Å². The summed E-state index contributed by atoms with van der Waals surface area (Å²) in [6.45, 7) is 1.85. The van der Waals surface area contributed by atoms with E-state index in [2.05, 4.69) is 10.2 Å². The summed E-state index contributed by atoms with van der Waals surface area (Å²) >= 11 is 5.03. The van der Waals surface area contributed by atoms with Gasteiger partial charge in [0.2, 0.25) is 0 Å². The molecular weight excluding hydrogens is 210 g/mol. The fourth-order valence-electron chi connectivity index (χ4n) is 1.45. The molecule has 0 spiro atoms. The van der Waals surface area contributed by atoms with Crippen LogP contribution in [0.3, 0.4) is 0 Å². The van der Waals surface area contributed by atoms with Gasteiger partial charge in [0.05, 0.1) is 0 Å². The van der Waals surface area contributed by atoms with Gasteiger partial charge in [0.1, 0.15) is 5.75 Å². The third-order valence-electron chi connectivity index (χ3n) is 2.43. The number of nitrogens with one attached hydrogen (secondary N) is 1. The van der Waals surface area contributed by atoms with Crippen LogP contribution in [0.5, 0.6) is 5.75 Å². The topological polar surface area (TPSA) is 53.8 Å². The molecule has 1 aromatic heterocycles. The molecule has 0 radical (unpaired) electrons. The number of H-pyrrole nitrogens is 1. The van der Waals surface area contributed by atoms with E-state index in [4.69, 9.17) is 12.2 Å². The van der Waals surface area contributed by atoms with E-state index in [0.717, 1.165) is 17.0 Å². The molecule has 0 aliphatic heterocycles. The normalized spacial score (nSPS) is 10.5. The highest BCUT2D eigenvalue weighted by Gasteiger charge is 2.10. The van der Waals surface area contributed by atoms with Gasteiger partial charge < -0.3 is 9.67 Å². The maximum Gasteiger partial charge on any atom is 0.195 e. The van der Waals surface area contributed by atoms with Crippen LogP contribution in [-0.2, 0) is 7.05 Å². The zero-order valence-electron chi connectivity index (χ0n) is 8.48. The minimum Gasteiger partial charge on any atom is -0.508 e. The predicted octanol–water partition coefficient (Wildman–Crippen LogP) is 2.16. The number of rotatable bonds is 1. The van der Waals surface area contributed by atoms with Crippen LogP contribution in [0.2, 0.25) is 0 Å². The van der Waals surface area contributed by atoms with Crippen LogP contribution < -0.4 is 0 Å². The molecule has 4 nitrogen and oxygen atoms in total. The molecule has 0 unspecified atom stereocenters. The molecular formula is C10H11N3OS. The Labute approximate surface area is 92.2 Å². The van der Waals surface area contributed by atoms with Crippen LogP contribution >= 0.6 is 12.2 Å². The number of hydrogen-bond acceptors (Lipinski definition) is 3. The van der Waals surface area contributed by atoms with Crippen LogP contribution in [0.25, 0.3) is 11.4 Å². The molecule has 0 saturated carbocycles. The van der Waals surface area contributed by atoms with Gasteiger partial charge in [0.25, 0.3) is 0 Å². The van der Waals surface area contributed by atoms with Crippen molar-refractivity contribution in [1.82, 2.24) is 14.8 Å². The van der Waals surface area contributed by atoms with Crippen LogP contribution in [0.4, 0.5) is 0 Å². The van der Waals surface area contributed by atoms with Crippen molar-refractivity contribution in [1.29, 1.82) is 0 Å². The average Bonchev–Trinajstić information content (AvgIpc) is 2.53. The Kier molecular flexibility index (Phi) is 2.32. The first-order chi connectivity index (χ1) is 7.11. The van der Waals surface area contributed by atoms with Gasteiger partial charge in [0.15, 0.2) is 10.6 Å². The molecule has 0 saturated heterocycles. The smallest absolute Gasteiger partial charge is 0.195 e. The number of aromatic nitrogens is 3. The average molecular weight is 221 g/mol. The summed E-state index contributed by atoms with van der Waals surface area (Å²) in [5.74, 6) is 0.995. The van der Waals surface area contributed by atoms with Gasteiger partial charge in [-0.1, -0.05) is 12.1 Å². The summed E-state index contributed by atoms with van der Waals surface area (Å²) in [4.78, 5) is 0. The summed E-state index contributed by atoms with van der Waals surface area (Å²) in [5.41, 5.74) is 1.68. The fraction of sp³-hybridized carbons (Fsp3) is 0.200. The molecule has 0 aliphatic carbocycles. The number of phenols is 1. The highest BCUT2D eigenvalue weighted by atomic mass is 32.1. The molecule has 2 N–H and O–H groups in total. The van der Waals surface area contributed by atoms with Gasteiger partial charge in [0, 0.05) is 18.2 Å². The molecule has 1 heterocycles. The predicted molar refractivity (Wildman–Crippen MR) is 60.2 cm³/mol. The standard InChI is InChI=1S/C10H11N3OS/c1-6-7(4-3-5-8(6)14)9-11-12-10(15)13(9)2/h3-5,14H,1-2H3,(H,12,15). The highest BCUT2D eigenvalue weighted by molar-refractivity contribution is 7.71. The van der Waals surface area contributed by atoms with Crippen molar-refractivity contribution in [3.05, 3.63) is 28.5 Å². The quantitative estimate of drug-likeness (QED) is 0.725. The number of nitrogens with zero attached hydrogens (tertiary/aromatic N) is 2. The molecule has 78 valence electrons. The first-order valence-corrected chi connectivity index (χ1v) is 4.92. The minimum atomic E-state index is 0.265. The van der Waals surface area contributed by atoms with E-state index in [1.165, 1.54) is 0 Å². The Morgan fingerprint density at radius 1 is 1.47 bits per heavy atom. The van der Waals surface area contributed by atoms with Crippen molar-refractivity contribution in [2.24, 2.45) is 7.05 Å². The Morgan fingerprint density at radius 2 is 2.20 bits per heavy atom. The van der Waals surface area contributed by atoms with E-state index in [1.54, 1.807) is 16.7 Å². The molecule has 15 heavy (non-hydrogen) atoms. The second-order valence-electron chi connectivity index (χ2n) is 3.36. The first kappa shape index (κ1) is 9.92. The number of phenolic OH excluding ortho intramolecular Hbond substituents is 1. The molecule has 0 bridgehead atoms. The van der Waals surface area contributed by atoms with E-state index in [0.29, 0.717) is 4.77 Å². The van der Waals surface area contributed by atoms with E-state index < -0.39 is 0 Å². The lowest BCUT2D eigenvalue weighted by Gasteiger charge is -2.05. The maximum absolute atomic E-state index is 9.59. The molecule has 1 aromatic carbocycles. The van der Waals surface area contributed by atoms with E-state index in [1.807, 2.05) is 20.0 Å². The van der Waals surface area contributed by atoms with Crippen LogP contribution in [0.1, 0.15) is 5.56 Å². The zero-order chi connectivity index (χ0) is 11.0. The summed E-state index contributed by atoms with van der Waals surface area (Å²) in [6, 6.07) is 5.34. The van der Waals surface area contributed by atoms with Gasteiger partial charge >= 0.3 is 0 Å². The minimum absolute atomic E-state index is 0.265. The van der Waals surface area contributed by atoms with Crippen molar-refractivity contribution in [2.45, 2.75) is 6.92 Å². The molecule has 0 amide bonds. The molecule has 0 aliphatic rings. The molecule has 0 atom stereocenters. The number of aromatic amines is 1. The lowest BCUT2D eigenvalue weighted by molar-refractivity contribution is 0.471. The summed E-state index contributed by atoms with van der Waals surface area (Å²) in [5, 5.41) is 16.4. The Balaban J connectivity index is 2.69. The van der Waals surface area contributed by atoms with Crippen molar-refractivity contribution < 1.29 is 5.11 Å². The first-order valence-electron chi connectivity index (χ1n) is 4.51. The Bertz CT molecular complexity index is 556. The van der Waals surface area contributed by atoms with Crippen molar-refractivity contribution in [3.8, 4) is 17.1 Å². The van der Waals surface area contributed by atoms with Crippen molar-refractivity contribution >= 4 is 12.2 Å². The van der Waals surface area contributed by atoms with Gasteiger partial charge in [-0.05, 0) is 25.2 Å². The van der Waals surface area contributed by atoms with Crippen LogP contribution in [0.15, 0.2) is 18.2 Å². The Hall–Kier alpha value is -1.62. The monoisotopic (exact) mass is 221 g/mol. The third-order valence-corrected chi connectivity index (χ3v) is 2.79. The van der Waals surface area contributed by atoms with Gasteiger partial charge in [-0.15, -0.1) is 0 Å². The summed E-state index contributed by atoms with van der Waals surface area (Å²) < 4.78 is 2.34. The summed E-state index contributed by atoms with van der Waals surface area (Å²) in [6.07, 6.45) is 0. The molecule has 0 fully saturated rings. The van der Waals surface area contributed by atoms with E-state index >= 15 is 0 Å². The fourth-order valence-corrected chi connectivity index (χ4v) is 1.59. The number of benzene rings is 1. The summed E-state index contributed by atoms with van der Waals surface area (Å²) in [7, 11) is 1.84. The zero-order valence-corrected chi connectivity index (χ0v) is 9.30. The van der Waals surface area contributed by atoms with Gasteiger partial charge in [-0.25, -0.2) is 0 Å². The third kappa shape index (κ3) is 1.55. The number of hydrogen-bond donors (Lipinski definition) is 2. The van der Waals surface area contributed by atoms with Crippen LogP contribution in [-0.4, -0.2) is 19.9 Å². The maximum atomic E-state index is 9.59. The SMILES string of the molecule is Cc1c(O)cccc1-c1n[nH]c(=S)n1C. The van der Waals surface area contributed by atoms with Crippen molar-refractivity contribution in [2.75, 3.05) is 0 Å². The lowest BCUT2D eigenvalue weighted by atomic mass is 10.1. The highest BCUT2D eigenvalue weighted by Crippen LogP contribution is 2.27. The van der Waals surface area contributed by atoms with E-state index in [9.17, 15) is 5.11 Å². The van der Waals surface area contributed by atoms with Gasteiger partial charge in [-0.3, -0.25) is 5.10 Å². The molecule has 2 aromatic rings. The molecule has 5 heteroatoms. The van der Waals surface area contributed by atoms with Crippen LogP contribution in [0, 0.1) is 11.7 Å². The van der Waals surface area contributed by atoms with E-state index in [-0.39, 0.29) is 5.75 Å². The largest absolute Gasteiger partial charge is 0.508 e. The lowest BCUT2D eigenvalue weighted by Crippen LogP contribution is -1.94. The number of aromatic hydroxyl groups is 1. The molecule has 2 rings (SSSR count). The van der Waals surface area contributed by atoms with Crippen molar-refractivity contribution in [3.63, 3.8) is 0 Å². The second kappa shape index (κ2) is 3.51.